The summed E-state index contributed by atoms with van der Waals surface area (Å²) in [5.74, 6) is 1.79. The van der Waals surface area contributed by atoms with E-state index in [-0.39, 0.29) is 0 Å². The molecular formula is C20H26O2S. The highest BCUT2D eigenvalue weighted by Crippen LogP contribution is 2.18. The molecule has 0 atom stereocenters. The van der Waals surface area contributed by atoms with E-state index in [0.29, 0.717) is 6.61 Å². The third-order valence-corrected chi connectivity index (χ3v) is 3.98. The Hall–Kier alpha value is -1.61. The van der Waals surface area contributed by atoms with Gasteiger partial charge in [0.1, 0.15) is 18.1 Å². The molecule has 2 aromatic rings. The highest BCUT2D eigenvalue weighted by molar-refractivity contribution is 7.80. The van der Waals surface area contributed by atoms with Gasteiger partial charge in [-0.3, -0.25) is 0 Å². The van der Waals surface area contributed by atoms with Crippen LogP contribution in [0, 0.1) is 0 Å². The molecule has 23 heavy (non-hydrogen) atoms. The molecule has 0 amide bonds. The van der Waals surface area contributed by atoms with Crippen LogP contribution in [0.4, 0.5) is 0 Å². The fraction of sp³-hybridized carbons (Fsp3) is 0.400. The Kier molecular flexibility index (Phi) is 7.88. The Morgan fingerprint density at radius 2 is 1.35 bits per heavy atom. The largest absolute Gasteiger partial charge is 0.494 e. The Bertz CT molecular complexity index is 549. The SMILES string of the molecule is CCCCCCCOc1ccc(COc2ccc(S)cc2)cc1. The molecular weight excluding hydrogens is 304 g/mol. The maximum atomic E-state index is 5.77. The Morgan fingerprint density at radius 1 is 0.739 bits per heavy atom. The number of ether oxygens (including phenoxy) is 2. The molecule has 3 heteroatoms. The second kappa shape index (κ2) is 10.2. The minimum absolute atomic E-state index is 0.559. The molecule has 2 nitrogen and oxygen atoms in total. The fourth-order valence-electron chi connectivity index (χ4n) is 2.29. The number of thiol groups is 1. The number of rotatable bonds is 10. The van der Waals surface area contributed by atoms with Crippen molar-refractivity contribution < 1.29 is 9.47 Å². The lowest BCUT2D eigenvalue weighted by molar-refractivity contribution is 0.300. The zero-order valence-corrected chi connectivity index (χ0v) is 14.7. The van der Waals surface area contributed by atoms with Crippen molar-refractivity contribution in [2.75, 3.05) is 6.61 Å². The molecule has 2 rings (SSSR count). The third-order valence-electron chi connectivity index (χ3n) is 3.68. The summed E-state index contributed by atoms with van der Waals surface area (Å²) in [5, 5.41) is 0. The van der Waals surface area contributed by atoms with Gasteiger partial charge in [0.2, 0.25) is 0 Å². The Morgan fingerprint density at radius 3 is 2.04 bits per heavy atom. The van der Waals surface area contributed by atoms with Gasteiger partial charge in [-0.1, -0.05) is 44.7 Å². The van der Waals surface area contributed by atoms with Gasteiger partial charge in [0.15, 0.2) is 0 Å². The summed E-state index contributed by atoms with van der Waals surface area (Å²) in [6.45, 7) is 3.59. The van der Waals surface area contributed by atoms with Crippen LogP contribution in [0.25, 0.3) is 0 Å². The molecule has 0 radical (unpaired) electrons. The molecule has 0 aliphatic rings. The van der Waals surface area contributed by atoms with Crippen molar-refractivity contribution in [3.05, 3.63) is 54.1 Å². The van der Waals surface area contributed by atoms with Crippen molar-refractivity contribution in [3.8, 4) is 11.5 Å². The van der Waals surface area contributed by atoms with E-state index in [4.69, 9.17) is 9.47 Å². The summed E-state index contributed by atoms with van der Waals surface area (Å²) in [6.07, 6.45) is 6.30. The predicted molar refractivity (Wildman–Crippen MR) is 98.7 cm³/mol. The maximum absolute atomic E-state index is 5.77. The van der Waals surface area contributed by atoms with Crippen LogP contribution in [0.5, 0.6) is 11.5 Å². The summed E-state index contributed by atoms with van der Waals surface area (Å²) in [4.78, 5) is 0.938. The summed E-state index contributed by atoms with van der Waals surface area (Å²) in [5.41, 5.74) is 1.13. The molecule has 2 aromatic carbocycles. The van der Waals surface area contributed by atoms with Crippen LogP contribution in [0.3, 0.4) is 0 Å². The summed E-state index contributed by atoms with van der Waals surface area (Å²) in [7, 11) is 0. The molecule has 0 spiro atoms. The number of hydrogen-bond donors (Lipinski definition) is 1. The van der Waals surface area contributed by atoms with E-state index < -0.39 is 0 Å². The zero-order chi connectivity index (χ0) is 16.3. The van der Waals surface area contributed by atoms with Crippen molar-refractivity contribution in [2.24, 2.45) is 0 Å². The van der Waals surface area contributed by atoms with Gasteiger partial charge in [-0.15, -0.1) is 12.6 Å². The van der Waals surface area contributed by atoms with Crippen molar-refractivity contribution >= 4 is 12.6 Å². The standard InChI is InChI=1S/C20H26O2S/c1-2-3-4-5-6-15-21-18-9-7-17(8-10-18)16-22-19-11-13-20(23)14-12-19/h7-14,23H,2-6,15-16H2,1H3. The summed E-state index contributed by atoms with van der Waals surface area (Å²) in [6, 6.07) is 15.9. The molecule has 124 valence electrons. The van der Waals surface area contributed by atoms with Crippen LogP contribution < -0.4 is 9.47 Å². The first-order valence-electron chi connectivity index (χ1n) is 8.41. The van der Waals surface area contributed by atoms with E-state index >= 15 is 0 Å². The van der Waals surface area contributed by atoms with Gasteiger partial charge in [0.05, 0.1) is 6.61 Å². The molecule has 0 fully saturated rings. The monoisotopic (exact) mass is 330 g/mol. The Labute approximate surface area is 145 Å². The highest BCUT2D eigenvalue weighted by Gasteiger charge is 1.98. The lowest BCUT2D eigenvalue weighted by Crippen LogP contribution is -1.98. The molecule has 0 aromatic heterocycles. The number of benzene rings is 2. The lowest BCUT2D eigenvalue weighted by Gasteiger charge is -2.09. The van der Waals surface area contributed by atoms with E-state index in [9.17, 15) is 0 Å². The second-order valence-electron chi connectivity index (χ2n) is 5.69. The Balaban J connectivity index is 1.68. The molecule has 0 saturated heterocycles. The van der Waals surface area contributed by atoms with Crippen LogP contribution in [-0.2, 0) is 6.61 Å². The highest BCUT2D eigenvalue weighted by atomic mass is 32.1. The van der Waals surface area contributed by atoms with Gasteiger partial charge < -0.3 is 9.47 Å². The first-order chi connectivity index (χ1) is 11.3. The molecule has 0 unspecified atom stereocenters. The van der Waals surface area contributed by atoms with Crippen molar-refractivity contribution in [1.29, 1.82) is 0 Å². The maximum Gasteiger partial charge on any atom is 0.119 e. The fourth-order valence-corrected chi connectivity index (χ4v) is 2.44. The van der Waals surface area contributed by atoms with Crippen LogP contribution >= 0.6 is 12.6 Å². The van der Waals surface area contributed by atoms with Crippen molar-refractivity contribution in [1.82, 2.24) is 0 Å². The first kappa shape index (κ1) is 17.7. The lowest BCUT2D eigenvalue weighted by atomic mass is 10.2. The van der Waals surface area contributed by atoms with Crippen LogP contribution in [-0.4, -0.2) is 6.61 Å². The van der Waals surface area contributed by atoms with Crippen molar-refractivity contribution in [3.63, 3.8) is 0 Å². The molecule has 0 saturated carbocycles. The zero-order valence-electron chi connectivity index (χ0n) is 13.8. The van der Waals surface area contributed by atoms with Gasteiger partial charge in [0, 0.05) is 4.90 Å². The van der Waals surface area contributed by atoms with Crippen LogP contribution in [0.2, 0.25) is 0 Å². The van der Waals surface area contributed by atoms with Crippen LogP contribution in [0.1, 0.15) is 44.6 Å². The average Bonchev–Trinajstić information content (AvgIpc) is 2.58. The first-order valence-corrected chi connectivity index (χ1v) is 8.86. The average molecular weight is 330 g/mol. The van der Waals surface area contributed by atoms with E-state index in [0.717, 1.165) is 35.0 Å². The van der Waals surface area contributed by atoms with E-state index in [1.807, 2.05) is 36.4 Å². The molecule has 0 bridgehead atoms. The van der Waals surface area contributed by atoms with Gasteiger partial charge in [-0.05, 0) is 48.4 Å². The van der Waals surface area contributed by atoms with E-state index in [1.54, 1.807) is 0 Å². The second-order valence-corrected chi connectivity index (χ2v) is 6.21. The number of unbranched alkanes of at least 4 members (excludes halogenated alkanes) is 4. The van der Waals surface area contributed by atoms with E-state index in [1.165, 1.54) is 25.7 Å². The summed E-state index contributed by atoms with van der Waals surface area (Å²) >= 11 is 4.26. The van der Waals surface area contributed by atoms with Gasteiger partial charge in [-0.2, -0.15) is 0 Å². The van der Waals surface area contributed by atoms with Gasteiger partial charge in [-0.25, -0.2) is 0 Å². The van der Waals surface area contributed by atoms with Gasteiger partial charge >= 0.3 is 0 Å². The van der Waals surface area contributed by atoms with Crippen molar-refractivity contribution in [2.45, 2.75) is 50.5 Å². The van der Waals surface area contributed by atoms with Gasteiger partial charge in [0.25, 0.3) is 0 Å². The minimum atomic E-state index is 0.559. The number of hydrogen-bond acceptors (Lipinski definition) is 3. The quantitative estimate of drug-likeness (QED) is 0.431. The smallest absolute Gasteiger partial charge is 0.119 e. The third kappa shape index (κ3) is 7.00. The molecule has 0 aliphatic heterocycles. The summed E-state index contributed by atoms with van der Waals surface area (Å²) < 4.78 is 11.5. The predicted octanol–water partition coefficient (Wildman–Crippen LogP) is 5.90. The normalized spacial score (nSPS) is 10.5. The minimum Gasteiger partial charge on any atom is -0.494 e. The topological polar surface area (TPSA) is 18.5 Å². The molecule has 0 aliphatic carbocycles. The molecule has 0 N–H and O–H groups in total. The van der Waals surface area contributed by atoms with E-state index in [2.05, 4.69) is 31.7 Å². The molecule has 0 heterocycles. The van der Waals surface area contributed by atoms with Crippen LogP contribution in [0.15, 0.2) is 53.4 Å².